The fourth-order valence-electron chi connectivity index (χ4n) is 2.76. The first kappa shape index (κ1) is 20.6. The van der Waals surface area contributed by atoms with E-state index in [9.17, 15) is 4.79 Å². The fourth-order valence-corrected chi connectivity index (χ4v) is 2.88. The second kappa shape index (κ2) is 9.85. The number of halogens is 1. The lowest BCUT2D eigenvalue weighted by molar-refractivity contribution is -0.115. The summed E-state index contributed by atoms with van der Waals surface area (Å²) in [5.74, 6) is 1.88. The van der Waals surface area contributed by atoms with Crippen LogP contribution in [0.5, 0.6) is 17.2 Å². The van der Waals surface area contributed by atoms with Crippen LogP contribution in [0.15, 0.2) is 66.7 Å². The van der Waals surface area contributed by atoms with E-state index in [1.54, 1.807) is 38.5 Å². The molecule has 0 spiro atoms. The molecule has 0 radical (unpaired) electrons. The lowest BCUT2D eigenvalue weighted by Crippen LogP contribution is -2.14. The van der Waals surface area contributed by atoms with Crippen LogP contribution in [-0.2, 0) is 17.8 Å². The van der Waals surface area contributed by atoms with E-state index in [4.69, 9.17) is 25.8 Å². The van der Waals surface area contributed by atoms with Gasteiger partial charge in [0.2, 0.25) is 5.91 Å². The van der Waals surface area contributed by atoms with Crippen LogP contribution in [-0.4, -0.2) is 20.1 Å². The molecular weight excluding hydrogens is 390 g/mol. The Morgan fingerprint density at radius 1 is 0.897 bits per heavy atom. The molecule has 0 atom stereocenters. The normalized spacial score (nSPS) is 10.3. The van der Waals surface area contributed by atoms with Crippen molar-refractivity contribution >= 4 is 23.2 Å². The number of benzene rings is 3. The molecule has 0 heterocycles. The van der Waals surface area contributed by atoms with Gasteiger partial charge in [-0.05, 0) is 48.0 Å². The number of nitrogens with one attached hydrogen (secondary N) is 1. The molecule has 0 aliphatic carbocycles. The molecule has 6 heteroatoms. The van der Waals surface area contributed by atoms with Crippen LogP contribution in [0.1, 0.15) is 11.1 Å². The smallest absolute Gasteiger partial charge is 0.228 e. The molecule has 1 amide bonds. The minimum Gasteiger partial charge on any atom is -0.497 e. The number of anilines is 1. The monoisotopic (exact) mass is 411 g/mol. The summed E-state index contributed by atoms with van der Waals surface area (Å²) in [4.78, 5) is 12.4. The number of carbonyl (C=O) groups is 1. The van der Waals surface area contributed by atoms with Crippen molar-refractivity contribution in [2.75, 3.05) is 19.5 Å². The van der Waals surface area contributed by atoms with E-state index < -0.39 is 0 Å². The molecule has 0 saturated carbocycles. The van der Waals surface area contributed by atoms with Crippen molar-refractivity contribution < 1.29 is 19.0 Å². The van der Waals surface area contributed by atoms with E-state index >= 15 is 0 Å². The third-order valence-electron chi connectivity index (χ3n) is 4.30. The van der Waals surface area contributed by atoms with Gasteiger partial charge in [0.1, 0.15) is 23.9 Å². The summed E-state index contributed by atoms with van der Waals surface area (Å²) in [5.41, 5.74) is 2.51. The average molecular weight is 412 g/mol. The quantitative estimate of drug-likeness (QED) is 0.559. The predicted molar refractivity (Wildman–Crippen MR) is 114 cm³/mol. The van der Waals surface area contributed by atoms with Gasteiger partial charge in [0.25, 0.3) is 0 Å². The number of hydrogen-bond acceptors (Lipinski definition) is 4. The molecule has 3 aromatic carbocycles. The first-order chi connectivity index (χ1) is 14.1. The van der Waals surface area contributed by atoms with Crippen LogP contribution in [0.25, 0.3) is 0 Å². The maximum absolute atomic E-state index is 12.4. The molecule has 0 aliphatic rings. The molecule has 0 aromatic heterocycles. The van der Waals surface area contributed by atoms with E-state index in [0.717, 1.165) is 16.9 Å². The summed E-state index contributed by atoms with van der Waals surface area (Å²) in [6.07, 6.45) is 0.196. The zero-order valence-corrected chi connectivity index (χ0v) is 17.0. The lowest BCUT2D eigenvalue weighted by Gasteiger charge is -2.11. The van der Waals surface area contributed by atoms with E-state index in [1.807, 2.05) is 42.5 Å². The van der Waals surface area contributed by atoms with Crippen LogP contribution in [0.3, 0.4) is 0 Å². The number of hydrogen-bond donors (Lipinski definition) is 1. The Morgan fingerprint density at radius 2 is 1.59 bits per heavy atom. The van der Waals surface area contributed by atoms with Crippen molar-refractivity contribution in [1.82, 2.24) is 0 Å². The second-order valence-electron chi connectivity index (χ2n) is 6.34. The van der Waals surface area contributed by atoms with E-state index in [2.05, 4.69) is 5.32 Å². The SMILES string of the molecule is COc1ccc(CC(=O)Nc2ccc(OCc3ccc(Cl)cc3)cc2)c(OC)c1. The molecule has 0 bridgehead atoms. The van der Waals surface area contributed by atoms with Crippen molar-refractivity contribution in [1.29, 1.82) is 0 Å². The Labute approximate surface area is 175 Å². The summed E-state index contributed by atoms with van der Waals surface area (Å²) < 4.78 is 16.3. The summed E-state index contributed by atoms with van der Waals surface area (Å²) >= 11 is 5.88. The molecule has 5 nitrogen and oxygen atoms in total. The molecule has 3 rings (SSSR count). The largest absolute Gasteiger partial charge is 0.497 e. The van der Waals surface area contributed by atoms with Gasteiger partial charge in [-0.15, -0.1) is 0 Å². The molecule has 0 fully saturated rings. The van der Waals surface area contributed by atoms with Gasteiger partial charge >= 0.3 is 0 Å². The molecule has 29 heavy (non-hydrogen) atoms. The highest BCUT2D eigenvalue weighted by Gasteiger charge is 2.10. The molecule has 0 saturated heterocycles. The van der Waals surface area contributed by atoms with Gasteiger partial charge in [-0.1, -0.05) is 29.8 Å². The zero-order valence-electron chi connectivity index (χ0n) is 16.3. The van der Waals surface area contributed by atoms with Gasteiger partial charge in [0.05, 0.1) is 20.6 Å². The summed E-state index contributed by atoms with van der Waals surface area (Å²) in [6, 6.07) is 20.1. The van der Waals surface area contributed by atoms with Gasteiger partial charge < -0.3 is 19.5 Å². The van der Waals surface area contributed by atoms with Crippen LogP contribution in [0.4, 0.5) is 5.69 Å². The Hall–Kier alpha value is -3.18. The van der Waals surface area contributed by atoms with Crippen LogP contribution in [0, 0.1) is 0 Å². The number of amides is 1. The summed E-state index contributed by atoms with van der Waals surface area (Å²) in [6.45, 7) is 0.445. The Bertz CT molecular complexity index is 956. The molecule has 3 aromatic rings. The topological polar surface area (TPSA) is 56.8 Å². The third kappa shape index (κ3) is 5.90. The van der Waals surface area contributed by atoms with Crippen molar-refractivity contribution in [3.05, 3.63) is 82.9 Å². The van der Waals surface area contributed by atoms with Crippen molar-refractivity contribution in [3.63, 3.8) is 0 Å². The number of ether oxygens (including phenoxy) is 3. The van der Waals surface area contributed by atoms with Crippen LogP contribution in [0.2, 0.25) is 5.02 Å². The Balaban J connectivity index is 1.55. The van der Waals surface area contributed by atoms with E-state index in [-0.39, 0.29) is 12.3 Å². The van der Waals surface area contributed by atoms with Gasteiger partial charge in [0, 0.05) is 22.3 Å². The van der Waals surface area contributed by atoms with Crippen LogP contribution < -0.4 is 19.5 Å². The number of carbonyl (C=O) groups excluding carboxylic acids is 1. The lowest BCUT2D eigenvalue weighted by atomic mass is 10.1. The zero-order chi connectivity index (χ0) is 20.6. The fraction of sp³-hybridized carbons (Fsp3) is 0.174. The highest BCUT2D eigenvalue weighted by molar-refractivity contribution is 6.30. The second-order valence-corrected chi connectivity index (χ2v) is 6.78. The predicted octanol–water partition coefficient (Wildman–Crippen LogP) is 5.12. The first-order valence-corrected chi connectivity index (χ1v) is 9.43. The van der Waals surface area contributed by atoms with Gasteiger partial charge in [0.15, 0.2) is 0 Å². The number of rotatable bonds is 8. The Kier molecular flexibility index (Phi) is 6.98. The summed E-state index contributed by atoms with van der Waals surface area (Å²) in [7, 11) is 3.16. The number of methoxy groups -OCH3 is 2. The van der Waals surface area contributed by atoms with Crippen molar-refractivity contribution in [2.24, 2.45) is 0 Å². The highest BCUT2D eigenvalue weighted by atomic mass is 35.5. The minimum absolute atomic E-state index is 0.136. The highest BCUT2D eigenvalue weighted by Crippen LogP contribution is 2.25. The van der Waals surface area contributed by atoms with E-state index in [0.29, 0.717) is 28.8 Å². The van der Waals surface area contributed by atoms with Gasteiger partial charge in [-0.2, -0.15) is 0 Å². The van der Waals surface area contributed by atoms with E-state index in [1.165, 1.54) is 0 Å². The molecular formula is C23H22ClNO4. The van der Waals surface area contributed by atoms with Gasteiger partial charge in [-0.25, -0.2) is 0 Å². The van der Waals surface area contributed by atoms with Crippen molar-refractivity contribution in [2.45, 2.75) is 13.0 Å². The molecule has 1 N–H and O–H groups in total. The summed E-state index contributed by atoms with van der Waals surface area (Å²) in [5, 5.41) is 3.58. The first-order valence-electron chi connectivity index (χ1n) is 9.05. The minimum atomic E-state index is -0.136. The van der Waals surface area contributed by atoms with Gasteiger partial charge in [-0.3, -0.25) is 4.79 Å². The van der Waals surface area contributed by atoms with Crippen LogP contribution >= 0.6 is 11.6 Å². The molecule has 0 aliphatic heterocycles. The maximum atomic E-state index is 12.4. The average Bonchev–Trinajstić information content (AvgIpc) is 2.74. The standard InChI is InChI=1S/C23H22ClNO4/c1-27-21-10-5-17(22(14-21)28-2)13-23(26)25-19-8-11-20(12-9-19)29-15-16-3-6-18(24)7-4-16/h3-12,14H,13,15H2,1-2H3,(H,25,26). The molecule has 150 valence electrons. The molecule has 0 unspecified atom stereocenters. The van der Waals surface area contributed by atoms with Crippen molar-refractivity contribution in [3.8, 4) is 17.2 Å². The maximum Gasteiger partial charge on any atom is 0.228 e. The Morgan fingerprint density at radius 3 is 2.24 bits per heavy atom. The third-order valence-corrected chi connectivity index (χ3v) is 4.55.